The van der Waals surface area contributed by atoms with Crippen LogP contribution in [0.2, 0.25) is 5.02 Å². The maximum atomic E-state index is 11.4. The first kappa shape index (κ1) is 12.6. The summed E-state index contributed by atoms with van der Waals surface area (Å²) in [6.45, 7) is 4.32. The Morgan fingerprint density at radius 3 is 2.94 bits per heavy atom. The topological polar surface area (TPSA) is 38.3 Å². The molecular formula is C12H14ClNO2. The first-order valence-electron chi connectivity index (χ1n) is 4.98. The predicted molar refractivity (Wildman–Crippen MR) is 65.6 cm³/mol. The minimum atomic E-state index is -0.265. The van der Waals surface area contributed by atoms with Crippen molar-refractivity contribution in [3.05, 3.63) is 41.1 Å². The lowest BCUT2D eigenvalue weighted by atomic mass is 10.2. The number of nitrogens with one attached hydrogen (secondary N) is 1. The molecule has 0 radical (unpaired) electrons. The van der Waals surface area contributed by atoms with Gasteiger partial charge in [0.15, 0.2) is 0 Å². The van der Waals surface area contributed by atoms with Crippen molar-refractivity contribution in [3.63, 3.8) is 0 Å². The number of aryl methyl sites for hydroxylation is 1. The number of amides is 1. The van der Waals surface area contributed by atoms with E-state index in [1.807, 2.05) is 19.9 Å². The van der Waals surface area contributed by atoms with Crippen molar-refractivity contribution in [1.29, 1.82) is 0 Å². The van der Waals surface area contributed by atoms with Gasteiger partial charge in [0.2, 0.25) is 0 Å². The summed E-state index contributed by atoms with van der Waals surface area (Å²) in [6, 6.07) is 5.45. The molecule has 1 amide bonds. The van der Waals surface area contributed by atoms with Crippen LogP contribution in [-0.4, -0.2) is 12.5 Å². The van der Waals surface area contributed by atoms with Gasteiger partial charge in [-0.3, -0.25) is 4.79 Å². The zero-order valence-electron chi connectivity index (χ0n) is 9.29. The Morgan fingerprint density at radius 2 is 2.31 bits per heavy atom. The molecule has 0 aliphatic rings. The number of ether oxygens (including phenoxy) is 1. The van der Waals surface area contributed by atoms with E-state index < -0.39 is 0 Å². The van der Waals surface area contributed by atoms with E-state index >= 15 is 0 Å². The van der Waals surface area contributed by atoms with Gasteiger partial charge in [-0.1, -0.05) is 17.7 Å². The van der Waals surface area contributed by atoms with Crippen LogP contribution in [0.5, 0.6) is 0 Å². The van der Waals surface area contributed by atoms with Gasteiger partial charge in [0.25, 0.3) is 5.91 Å². The number of carbonyl (C=O) groups is 1. The number of anilines is 1. The van der Waals surface area contributed by atoms with Crippen molar-refractivity contribution in [2.45, 2.75) is 13.8 Å². The highest BCUT2D eigenvalue weighted by Crippen LogP contribution is 2.22. The Morgan fingerprint density at radius 1 is 1.56 bits per heavy atom. The summed E-state index contributed by atoms with van der Waals surface area (Å²) in [5.74, 6) is -0.265. The summed E-state index contributed by atoms with van der Waals surface area (Å²) in [6.07, 6.45) is 2.68. The fourth-order valence-corrected chi connectivity index (χ4v) is 1.38. The second-order valence-electron chi connectivity index (χ2n) is 3.23. The SMILES string of the molecule is CCO/C=C/C(=O)Nc1ccc(C)cc1Cl. The Hall–Kier alpha value is -1.48. The molecule has 0 aromatic heterocycles. The van der Waals surface area contributed by atoms with Crippen LogP contribution in [0.25, 0.3) is 0 Å². The van der Waals surface area contributed by atoms with Gasteiger partial charge >= 0.3 is 0 Å². The molecule has 1 aromatic rings. The first-order valence-corrected chi connectivity index (χ1v) is 5.36. The molecule has 0 saturated carbocycles. The van der Waals surface area contributed by atoms with Gasteiger partial charge in [0.1, 0.15) is 0 Å². The lowest BCUT2D eigenvalue weighted by Crippen LogP contribution is -2.08. The van der Waals surface area contributed by atoms with Crippen LogP contribution in [-0.2, 0) is 9.53 Å². The number of rotatable bonds is 4. The van der Waals surface area contributed by atoms with Crippen LogP contribution in [0.1, 0.15) is 12.5 Å². The van der Waals surface area contributed by atoms with E-state index in [2.05, 4.69) is 5.32 Å². The summed E-state index contributed by atoms with van der Waals surface area (Å²) in [4.78, 5) is 11.4. The van der Waals surface area contributed by atoms with Crippen molar-refractivity contribution < 1.29 is 9.53 Å². The molecule has 0 atom stereocenters. The molecule has 0 aliphatic carbocycles. The van der Waals surface area contributed by atoms with Crippen molar-refractivity contribution in [1.82, 2.24) is 0 Å². The molecule has 0 spiro atoms. The number of carbonyl (C=O) groups excluding carboxylic acids is 1. The molecule has 1 N–H and O–H groups in total. The molecule has 1 aromatic carbocycles. The number of halogens is 1. The summed E-state index contributed by atoms with van der Waals surface area (Å²) in [5.41, 5.74) is 1.64. The van der Waals surface area contributed by atoms with Crippen molar-refractivity contribution in [2.24, 2.45) is 0 Å². The second kappa shape index (κ2) is 6.18. The van der Waals surface area contributed by atoms with Gasteiger partial charge in [0, 0.05) is 6.08 Å². The fourth-order valence-electron chi connectivity index (χ4n) is 1.10. The zero-order chi connectivity index (χ0) is 12.0. The van der Waals surface area contributed by atoms with Crippen LogP contribution in [0.3, 0.4) is 0 Å². The average molecular weight is 240 g/mol. The van der Waals surface area contributed by atoms with E-state index in [1.54, 1.807) is 12.1 Å². The van der Waals surface area contributed by atoms with Crippen molar-refractivity contribution >= 4 is 23.2 Å². The molecule has 0 bridgehead atoms. The summed E-state index contributed by atoms with van der Waals surface area (Å²) >= 11 is 5.96. The van der Waals surface area contributed by atoms with Crippen molar-refractivity contribution in [2.75, 3.05) is 11.9 Å². The van der Waals surface area contributed by atoms with Gasteiger partial charge in [-0.05, 0) is 31.5 Å². The number of hydrogen-bond donors (Lipinski definition) is 1. The Kier molecular flexibility index (Phi) is 4.86. The zero-order valence-corrected chi connectivity index (χ0v) is 10.0. The van der Waals surface area contributed by atoms with E-state index in [0.29, 0.717) is 17.3 Å². The third-order valence-corrected chi connectivity index (χ3v) is 2.18. The summed E-state index contributed by atoms with van der Waals surface area (Å²) in [5, 5.41) is 3.18. The quantitative estimate of drug-likeness (QED) is 0.648. The summed E-state index contributed by atoms with van der Waals surface area (Å²) in [7, 11) is 0. The van der Waals surface area contributed by atoms with E-state index in [-0.39, 0.29) is 5.91 Å². The minimum absolute atomic E-state index is 0.265. The lowest BCUT2D eigenvalue weighted by Gasteiger charge is -2.05. The van der Waals surface area contributed by atoms with Crippen LogP contribution >= 0.6 is 11.6 Å². The molecule has 1 rings (SSSR count). The van der Waals surface area contributed by atoms with Crippen LogP contribution in [0.4, 0.5) is 5.69 Å². The molecule has 0 unspecified atom stereocenters. The van der Waals surface area contributed by atoms with E-state index in [4.69, 9.17) is 16.3 Å². The monoisotopic (exact) mass is 239 g/mol. The highest BCUT2D eigenvalue weighted by molar-refractivity contribution is 6.33. The predicted octanol–water partition coefficient (Wildman–Crippen LogP) is 3.14. The molecule has 0 fully saturated rings. The fraction of sp³-hybridized carbons (Fsp3) is 0.250. The molecule has 86 valence electrons. The first-order chi connectivity index (χ1) is 7.63. The third kappa shape index (κ3) is 3.95. The van der Waals surface area contributed by atoms with E-state index in [9.17, 15) is 4.79 Å². The largest absolute Gasteiger partial charge is 0.501 e. The molecule has 0 saturated heterocycles. The maximum Gasteiger partial charge on any atom is 0.251 e. The van der Waals surface area contributed by atoms with Gasteiger partial charge in [-0.15, -0.1) is 0 Å². The van der Waals surface area contributed by atoms with E-state index in [1.165, 1.54) is 12.3 Å². The standard InChI is InChI=1S/C12H14ClNO2/c1-3-16-7-6-12(15)14-11-5-4-9(2)8-10(11)13/h4-8H,3H2,1-2H3,(H,14,15)/b7-6+. The lowest BCUT2D eigenvalue weighted by molar-refractivity contribution is -0.112. The van der Waals surface area contributed by atoms with Gasteiger partial charge in [-0.2, -0.15) is 0 Å². The van der Waals surface area contributed by atoms with Gasteiger partial charge < -0.3 is 10.1 Å². The molecule has 4 heteroatoms. The minimum Gasteiger partial charge on any atom is -0.501 e. The van der Waals surface area contributed by atoms with E-state index in [0.717, 1.165) is 5.56 Å². The Bertz CT molecular complexity index is 402. The normalized spacial score (nSPS) is 10.4. The summed E-state index contributed by atoms with van der Waals surface area (Å²) < 4.78 is 4.92. The number of benzene rings is 1. The molecule has 3 nitrogen and oxygen atoms in total. The number of hydrogen-bond acceptors (Lipinski definition) is 2. The average Bonchev–Trinajstić information content (AvgIpc) is 2.23. The highest BCUT2D eigenvalue weighted by Gasteiger charge is 2.02. The van der Waals surface area contributed by atoms with Crippen LogP contribution < -0.4 is 5.32 Å². The Balaban J connectivity index is 2.63. The van der Waals surface area contributed by atoms with Crippen molar-refractivity contribution in [3.8, 4) is 0 Å². The molecule has 0 heterocycles. The van der Waals surface area contributed by atoms with Gasteiger partial charge in [0.05, 0.1) is 23.6 Å². The smallest absolute Gasteiger partial charge is 0.251 e. The third-order valence-electron chi connectivity index (χ3n) is 1.86. The molecular weight excluding hydrogens is 226 g/mol. The highest BCUT2D eigenvalue weighted by atomic mass is 35.5. The van der Waals surface area contributed by atoms with Crippen LogP contribution in [0, 0.1) is 6.92 Å². The Labute approximate surface area is 100 Å². The van der Waals surface area contributed by atoms with Gasteiger partial charge in [-0.25, -0.2) is 0 Å². The van der Waals surface area contributed by atoms with Crippen LogP contribution in [0.15, 0.2) is 30.5 Å². The maximum absolute atomic E-state index is 11.4. The molecule has 16 heavy (non-hydrogen) atoms. The second-order valence-corrected chi connectivity index (χ2v) is 3.64. The molecule has 0 aliphatic heterocycles.